The van der Waals surface area contributed by atoms with Crippen LogP contribution in [-0.2, 0) is 4.79 Å². The van der Waals surface area contributed by atoms with Crippen molar-refractivity contribution in [1.82, 2.24) is 0 Å². The van der Waals surface area contributed by atoms with Crippen LogP contribution in [0, 0.1) is 5.92 Å². The summed E-state index contributed by atoms with van der Waals surface area (Å²) in [6.07, 6.45) is -9.70. The van der Waals surface area contributed by atoms with E-state index in [0.717, 1.165) is 25.0 Å². The number of hydrogen-bond donors (Lipinski definition) is 3. The van der Waals surface area contributed by atoms with Crippen molar-refractivity contribution in [2.24, 2.45) is 28.1 Å². The van der Waals surface area contributed by atoms with E-state index in [0.29, 0.717) is 5.56 Å². The van der Waals surface area contributed by atoms with Gasteiger partial charge in [-0.2, -0.15) is 13.2 Å². The molecule has 1 atom stereocenters. The molecule has 1 fully saturated rings. The number of nitrogens with two attached hydrogens (primary N) is 3. The van der Waals surface area contributed by atoms with Gasteiger partial charge >= 0.3 is 12.5 Å². The number of rotatable bonds is 7. The molecule has 0 bridgehead atoms. The van der Waals surface area contributed by atoms with E-state index in [2.05, 4.69) is 9.73 Å². The van der Waals surface area contributed by atoms with Crippen LogP contribution in [0.2, 0.25) is 0 Å². The Morgan fingerprint density at radius 3 is 2.03 bits per heavy atom. The summed E-state index contributed by atoms with van der Waals surface area (Å²) in [4.78, 5) is 15.7. The van der Waals surface area contributed by atoms with Crippen LogP contribution in [0.5, 0.6) is 5.75 Å². The molecule has 2 rings (SSSR count). The average molecular weight is 424 g/mol. The summed E-state index contributed by atoms with van der Waals surface area (Å²) < 4.78 is 78.3. The summed E-state index contributed by atoms with van der Waals surface area (Å²) in [5, 5.41) is 0. The monoisotopic (exact) mass is 424 g/mol. The third kappa shape index (κ3) is 6.88. The van der Waals surface area contributed by atoms with Gasteiger partial charge in [-0.05, 0) is 36.5 Å². The molecule has 1 aromatic rings. The van der Waals surface area contributed by atoms with Gasteiger partial charge in [-0.25, -0.2) is 0 Å². The summed E-state index contributed by atoms with van der Waals surface area (Å²) in [6.45, 7) is 0. The normalized spacial score (nSPS) is 17.5. The van der Waals surface area contributed by atoms with Gasteiger partial charge in [0.15, 0.2) is 0 Å². The van der Waals surface area contributed by atoms with E-state index in [1.54, 1.807) is 0 Å². The molecule has 1 aromatic carbocycles. The molecule has 0 radical (unpaired) electrons. The Labute approximate surface area is 161 Å². The van der Waals surface area contributed by atoms with Crippen molar-refractivity contribution in [1.29, 1.82) is 0 Å². The van der Waals surface area contributed by atoms with Crippen molar-refractivity contribution in [2.45, 2.75) is 37.8 Å². The van der Waals surface area contributed by atoms with Gasteiger partial charge in [0.2, 0.25) is 0 Å². The summed E-state index contributed by atoms with van der Waals surface area (Å²) >= 11 is 0. The van der Waals surface area contributed by atoms with E-state index in [1.165, 1.54) is 12.1 Å². The van der Waals surface area contributed by atoms with Gasteiger partial charge in [-0.1, -0.05) is 12.1 Å². The largest absolute Gasteiger partial charge is 0.573 e. The van der Waals surface area contributed by atoms with Crippen LogP contribution >= 0.6 is 0 Å². The lowest BCUT2D eigenvalue weighted by Gasteiger charge is -2.16. The second kappa shape index (κ2) is 8.21. The van der Waals surface area contributed by atoms with Gasteiger partial charge in [-0.3, -0.25) is 9.79 Å². The lowest BCUT2D eigenvalue weighted by Crippen LogP contribution is -2.32. The number of ether oxygens (including phenoxy) is 1. The number of halogens is 6. The van der Waals surface area contributed by atoms with Gasteiger partial charge < -0.3 is 21.9 Å². The highest BCUT2D eigenvalue weighted by Crippen LogP contribution is 2.44. The van der Waals surface area contributed by atoms with Crippen molar-refractivity contribution < 1.29 is 35.9 Å². The number of amides is 1. The molecule has 1 amide bonds. The highest BCUT2D eigenvalue weighted by molar-refractivity contribution is 6.20. The molecular weight excluding hydrogens is 406 g/mol. The Hall–Kier alpha value is -2.92. The van der Waals surface area contributed by atoms with Crippen LogP contribution in [0.4, 0.5) is 26.3 Å². The molecule has 6 nitrogen and oxygen atoms in total. The smallest absolute Gasteiger partial charge is 0.406 e. The Morgan fingerprint density at radius 2 is 1.62 bits per heavy atom. The van der Waals surface area contributed by atoms with Gasteiger partial charge in [0.25, 0.3) is 5.91 Å². The first-order valence-electron chi connectivity index (χ1n) is 8.31. The van der Waals surface area contributed by atoms with Gasteiger partial charge in [0.1, 0.15) is 11.6 Å². The number of benzene rings is 1. The molecule has 0 heterocycles. The van der Waals surface area contributed by atoms with Crippen molar-refractivity contribution in [3.05, 3.63) is 41.1 Å². The number of aliphatic imine (C=N–C) groups is 1. The summed E-state index contributed by atoms with van der Waals surface area (Å²) in [5.74, 6) is -2.32. The molecule has 29 heavy (non-hydrogen) atoms. The number of carbonyl (C=O) groups is 1. The molecule has 1 unspecified atom stereocenters. The van der Waals surface area contributed by atoms with Crippen LogP contribution < -0.4 is 21.9 Å². The number of nitrogens with zero attached hydrogens (tertiary/aromatic N) is 1. The van der Waals surface area contributed by atoms with E-state index < -0.39 is 53.8 Å². The van der Waals surface area contributed by atoms with Crippen molar-refractivity contribution >= 4 is 11.7 Å². The Bertz CT molecular complexity index is 811. The molecule has 0 saturated heterocycles. The molecule has 0 aliphatic heterocycles. The van der Waals surface area contributed by atoms with Crippen LogP contribution in [0.15, 0.2) is 40.5 Å². The molecule has 1 aliphatic rings. The third-order valence-electron chi connectivity index (χ3n) is 4.02. The molecule has 160 valence electrons. The standard InChI is InChI=1S/C17H18F6N4O2/c18-16(19,20)7-11(24)12(15(26)28)14(25)27-13(8-1-2-8)9-3-5-10(6-4-9)29-17(21,22)23/h3-6,8,13H,1-2,7,24H2,(H2,25,27)(H2,26,28). The maximum Gasteiger partial charge on any atom is 0.573 e. The minimum atomic E-state index is -4.85. The zero-order chi connectivity index (χ0) is 22.0. The van der Waals surface area contributed by atoms with Crippen molar-refractivity contribution in [3.63, 3.8) is 0 Å². The number of primary amides is 1. The number of amidine groups is 1. The van der Waals surface area contributed by atoms with Gasteiger partial charge in [0, 0.05) is 5.70 Å². The molecule has 1 saturated carbocycles. The fourth-order valence-corrected chi connectivity index (χ4v) is 2.70. The first-order chi connectivity index (χ1) is 13.3. The van der Waals surface area contributed by atoms with E-state index in [4.69, 9.17) is 17.2 Å². The lowest BCUT2D eigenvalue weighted by atomic mass is 10.0. The van der Waals surface area contributed by atoms with E-state index in [-0.39, 0.29) is 5.92 Å². The second-order valence-corrected chi connectivity index (χ2v) is 6.47. The van der Waals surface area contributed by atoms with E-state index in [1.807, 2.05) is 0 Å². The Morgan fingerprint density at radius 1 is 1.07 bits per heavy atom. The fourth-order valence-electron chi connectivity index (χ4n) is 2.70. The zero-order valence-electron chi connectivity index (χ0n) is 14.8. The third-order valence-corrected chi connectivity index (χ3v) is 4.02. The highest BCUT2D eigenvalue weighted by Gasteiger charge is 2.35. The SMILES string of the molecule is NC(=O)C(C(N)=NC(c1ccc(OC(F)(F)F)cc1)C1CC1)=C(N)CC(F)(F)F. The minimum absolute atomic E-state index is 0.0408. The predicted octanol–water partition coefficient (Wildman–Crippen LogP) is 3.04. The number of alkyl halides is 6. The molecular formula is C17H18F6N4O2. The fraction of sp³-hybridized carbons (Fsp3) is 0.412. The zero-order valence-corrected chi connectivity index (χ0v) is 14.8. The average Bonchev–Trinajstić information content (AvgIpc) is 3.34. The summed E-state index contributed by atoms with van der Waals surface area (Å²) in [7, 11) is 0. The van der Waals surface area contributed by atoms with E-state index in [9.17, 15) is 31.1 Å². The molecule has 6 N–H and O–H groups in total. The molecule has 12 heteroatoms. The van der Waals surface area contributed by atoms with Crippen LogP contribution in [0.25, 0.3) is 0 Å². The number of allylic oxidation sites excluding steroid dienone is 1. The van der Waals surface area contributed by atoms with Gasteiger partial charge in [0.05, 0.1) is 18.0 Å². The van der Waals surface area contributed by atoms with E-state index >= 15 is 0 Å². The lowest BCUT2D eigenvalue weighted by molar-refractivity contribution is -0.274. The number of carbonyl (C=O) groups excluding carboxylic acids is 1. The maximum absolute atomic E-state index is 12.6. The van der Waals surface area contributed by atoms with Crippen LogP contribution in [0.1, 0.15) is 30.9 Å². The van der Waals surface area contributed by atoms with Crippen molar-refractivity contribution in [3.8, 4) is 5.75 Å². The van der Waals surface area contributed by atoms with Gasteiger partial charge in [-0.15, -0.1) is 13.2 Å². The second-order valence-electron chi connectivity index (χ2n) is 6.47. The molecule has 0 spiro atoms. The Kier molecular flexibility index (Phi) is 6.34. The first kappa shape index (κ1) is 22.4. The minimum Gasteiger partial charge on any atom is -0.406 e. The quantitative estimate of drug-likeness (QED) is 0.270. The maximum atomic E-state index is 12.6. The first-order valence-corrected chi connectivity index (χ1v) is 8.31. The molecule has 1 aliphatic carbocycles. The molecule has 0 aromatic heterocycles. The Balaban J connectivity index is 2.34. The van der Waals surface area contributed by atoms with Crippen molar-refractivity contribution in [2.75, 3.05) is 0 Å². The summed E-state index contributed by atoms with van der Waals surface area (Å²) in [6, 6.07) is 4.11. The predicted molar refractivity (Wildman–Crippen MR) is 91.3 cm³/mol. The number of hydrogen-bond acceptors (Lipinski definition) is 4. The van der Waals surface area contributed by atoms with Crippen LogP contribution in [0.3, 0.4) is 0 Å². The van der Waals surface area contributed by atoms with Crippen LogP contribution in [-0.4, -0.2) is 24.3 Å². The highest BCUT2D eigenvalue weighted by atomic mass is 19.4. The topological polar surface area (TPSA) is 117 Å². The summed E-state index contributed by atoms with van der Waals surface area (Å²) in [5.41, 5.74) is 15.1.